The number of aromatic amines is 1. The van der Waals surface area contributed by atoms with Crippen molar-refractivity contribution in [2.24, 2.45) is 0 Å². The molecule has 2 rings (SSSR count). The highest BCUT2D eigenvalue weighted by Gasteiger charge is 2.17. The molecule has 0 spiro atoms. The summed E-state index contributed by atoms with van der Waals surface area (Å²) in [6, 6.07) is 8.34. The Labute approximate surface area is 138 Å². The normalized spacial score (nSPS) is 13.0. The van der Waals surface area contributed by atoms with Gasteiger partial charge in [-0.15, -0.1) is 0 Å². The number of halogens is 1. The van der Waals surface area contributed by atoms with Crippen molar-refractivity contribution in [2.45, 2.75) is 39.2 Å². The fourth-order valence-electron chi connectivity index (χ4n) is 2.05. The van der Waals surface area contributed by atoms with Crippen molar-refractivity contribution in [1.29, 1.82) is 0 Å². The van der Waals surface area contributed by atoms with E-state index in [0.29, 0.717) is 5.69 Å². The number of rotatable bonds is 3. The monoisotopic (exact) mass is 397 g/mol. The van der Waals surface area contributed by atoms with Crippen molar-refractivity contribution in [1.82, 2.24) is 15.5 Å². The van der Waals surface area contributed by atoms with Crippen LogP contribution in [0.3, 0.4) is 0 Å². The number of amides is 1. The Balaban J connectivity index is 2.09. The molecule has 0 aliphatic rings. The summed E-state index contributed by atoms with van der Waals surface area (Å²) in [6.07, 6.45) is 1.64. The van der Waals surface area contributed by atoms with Gasteiger partial charge in [0.1, 0.15) is 5.69 Å². The van der Waals surface area contributed by atoms with Gasteiger partial charge in [0, 0.05) is 0 Å². The molecule has 0 aliphatic heterocycles. The highest BCUT2D eigenvalue weighted by Crippen LogP contribution is 2.24. The zero-order valence-electron chi connectivity index (χ0n) is 12.7. The average Bonchev–Trinajstić information content (AvgIpc) is 2.84. The van der Waals surface area contributed by atoms with Crippen LogP contribution < -0.4 is 5.32 Å². The molecule has 1 unspecified atom stereocenters. The maximum Gasteiger partial charge on any atom is 0.270 e. The third kappa shape index (κ3) is 3.84. The van der Waals surface area contributed by atoms with E-state index in [1.54, 1.807) is 6.20 Å². The molecule has 0 saturated heterocycles. The minimum absolute atomic E-state index is 0.0504. The highest BCUT2D eigenvalue weighted by atomic mass is 127. The van der Waals surface area contributed by atoms with Gasteiger partial charge in [0.15, 0.2) is 0 Å². The van der Waals surface area contributed by atoms with Gasteiger partial charge in [-0.2, -0.15) is 5.10 Å². The van der Waals surface area contributed by atoms with Crippen LogP contribution in [0.5, 0.6) is 0 Å². The van der Waals surface area contributed by atoms with Crippen molar-refractivity contribution >= 4 is 28.5 Å². The molecule has 1 amide bonds. The maximum absolute atomic E-state index is 12.1. The van der Waals surface area contributed by atoms with Crippen molar-refractivity contribution in [2.75, 3.05) is 0 Å². The van der Waals surface area contributed by atoms with Crippen LogP contribution >= 0.6 is 22.6 Å². The molecule has 5 heteroatoms. The number of H-pyrrole nitrogens is 1. The zero-order chi connectivity index (χ0) is 15.6. The second-order valence-electron chi connectivity index (χ2n) is 6.16. The summed E-state index contributed by atoms with van der Waals surface area (Å²) in [4.78, 5) is 12.1. The van der Waals surface area contributed by atoms with Crippen LogP contribution in [0.4, 0.5) is 0 Å². The molecule has 2 aromatic rings. The second kappa shape index (κ2) is 6.17. The van der Waals surface area contributed by atoms with E-state index in [-0.39, 0.29) is 17.4 Å². The number of carbonyl (C=O) groups excluding carboxylic acids is 1. The SMILES string of the molecule is CC(NC(=O)c1[nH]ncc1I)c1ccc(C(C)(C)C)cc1. The molecule has 4 nitrogen and oxygen atoms in total. The number of aromatic nitrogens is 2. The Morgan fingerprint density at radius 3 is 2.38 bits per heavy atom. The van der Waals surface area contributed by atoms with Crippen molar-refractivity contribution in [3.05, 3.63) is 50.9 Å². The van der Waals surface area contributed by atoms with Crippen LogP contribution in [0.15, 0.2) is 30.5 Å². The van der Waals surface area contributed by atoms with E-state index in [4.69, 9.17) is 0 Å². The lowest BCUT2D eigenvalue weighted by Gasteiger charge is -2.20. The molecule has 1 atom stereocenters. The van der Waals surface area contributed by atoms with E-state index in [2.05, 4.69) is 83.1 Å². The van der Waals surface area contributed by atoms with Crippen LogP contribution in [-0.4, -0.2) is 16.1 Å². The standard InChI is InChI=1S/C16H20IN3O/c1-10(19-15(21)14-13(17)9-18-20-14)11-5-7-12(8-6-11)16(2,3)4/h5-10H,1-4H3,(H,18,20)(H,19,21). The Kier molecular flexibility index (Phi) is 4.70. The number of hydrogen-bond donors (Lipinski definition) is 2. The number of hydrogen-bond acceptors (Lipinski definition) is 2. The summed E-state index contributed by atoms with van der Waals surface area (Å²) in [7, 11) is 0. The summed E-state index contributed by atoms with van der Waals surface area (Å²) < 4.78 is 0.820. The fourth-order valence-corrected chi connectivity index (χ4v) is 2.56. The van der Waals surface area contributed by atoms with E-state index in [1.165, 1.54) is 5.56 Å². The first-order chi connectivity index (χ1) is 9.79. The van der Waals surface area contributed by atoms with Gasteiger partial charge in [-0.3, -0.25) is 9.89 Å². The predicted molar refractivity (Wildman–Crippen MR) is 92.3 cm³/mol. The van der Waals surface area contributed by atoms with Crippen LogP contribution in [0.2, 0.25) is 0 Å². The second-order valence-corrected chi connectivity index (χ2v) is 7.32. The molecule has 21 heavy (non-hydrogen) atoms. The Bertz CT molecular complexity index is 626. The number of carbonyl (C=O) groups is 1. The molecular formula is C16H20IN3O. The van der Waals surface area contributed by atoms with Gasteiger partial charge in [-0.25, -0.2) is 0 Å². The third-order valence-corrected chi connectivity index (χ3v) is 4.26. The first-order valence-electron chi connectivity index (χ1n) is 6.89. The summed E-state index contributed by atoms with van der Waals surface area (Å²) in [5.74, 6) is -0.135. The summed E-state index contributed by atoms with van der Waals surface area (Å²) in [5.41, 5.74) is 3.02. The minimum atomic E-state index is -0.135. The van der Waals surface area contributed by atoms with Crippen molar-refractivity contribution < 1.29 is 4.79 Å². The molecule has 112 valence electrons. The van der Waals surface area contributed by atoms with Gasteiger partial charge in [-0.1, -0.05) is 45.0 Å². The van der Waals surface area contributed by atoms with Gasteiger partial charge >= 0.3 is 0 Å². The molecule has 2 N–H and O–H groups in total. The van der Waals surface area contributed by atoms with E-state index in [1.807, 2.05) is 6.92 Å². The van der Waals surface area contributed by atoms with E-state index in [0.717, 1.165) is 9.13 Å². The van der Waals surface area contributed by atoms with E-state index < -0.39 is 0 Å². The lowest BCUT2D eigenvalue weighted by atomic mass is 9.86. The van der Waals surface area contributed by atoms with Gasteiger partial charge in [0.05, 0.1) is 15.8 Å². The first-order valence-corrected chi connectivity index (χ1v) is 7.97. The lowest BCUT2D eigenvalue weighted by Crippen LogP contribution is -2.27. The molecule has 0 radical (unpaired) electrons. The minimum Gasteiger partial charge on any atom is -0.344 e. The molecule has 1 aromatic carbocycles. The quantitative estimate of drug-likeness (QED) is 0.775. The van der Waals surface area contributed by atoms with Gasteiger partial charge in [0.2, 0.25) is 0 Å². The number of benzene rings is 1. The Morgan fingerprint density at radius 2 is 1.90 bits per heavy atom. The van der Waals surface area contributed by atoms with Crippen molar-refractivity contribution in [3.63, 3.8) is 0 Å². The summed E-state index contributed by atoms with van der Waals surface area (Å²) in [5, 5.41) is 9.57. The molecule has 0 fully saturated rings. The number of nitrogens with zero attached hydrogens (tertiary/aromatic N) is 1. The Hall–Kier alpha value is -1.37. The highest BCUT2D eigenvalue weighted by molar-refractivity contribution is 14.1. The first kappa shape index (κ1) is 16.0. The molecule has 1 heterocycles. The van der Waals surface area contributed by atoms with Crippen molar-refractivity contribution in [3.8, 4) is 0 Å². The predicted octanol–water partition coefficient (Wildman–Crippen LogP) is 3.80. The summed E-state index contributed by atoms with van der Waals surface area (Å²) >= 11 is 2.09. The lowest BCUT2D eigenvalue weighted by molar-refractivity contribution is 0.0934. The van der Waals surface area contributed by atoms with E-state index in [9.17, 15) is 4.79 Å². The van der Waals surface area contributed by atoms with Crippen LogP contribution in [0.25, 0.3) is 0 Å². The molecule has 0 aliphatic carbocycles. The van der Waals surface area contributed by atoms with Crippen LogP contribution in [-0.2, 0) is 5.41 Å². The maximum atomic E-state index is 12.1. The smallest absolute Gasteiger partial charge is 0.270 e. The molecule has 0 bridgehead atoms. The zero-order valence-corrected chi connectivity index (χ0v) is 14.9. The summed E-state index contributed by atoms with van der Waals surface area (Å²) in [6.45, 7) is 8.54. The number of nitrogens with one attached hydrogen (secondary N) is 2. The average molecular weight is 397 g/mol. The Morgan fingerprint density at radius 1 is 1.29 bits per heavy atom. The largest absolute Gasteiger partial charge is 0.344 e. The van der Waals surface area contributed by atoms with Gasteiger partial charge in [-0.05, 0) is 46.1 Å². The topological polar surface area (TPSA) is 57.8 Å². The third-order valence-electron chi connectivity index (χ3n) is 3.44. The molecular weight excluding hydrogens is 377 g/mol. The molecule has 0 saturated carbocycles. The van der Waals surface area contributed by atoms with Crippen LogP contribution in [0.1, 0.15) is 55.4 Å². The van der Waals surface area contributed by atoms with Gasteiger partial charge < -0.3 is 5.32 Å². The van der Waals surface area contributed by atoms with Gasteiger partial charge in [0.25, 0.3) is 5.91 Å². The molecule has 1 aromatic heterocycles. The fraction of sp³-hybridized carbons (Fsp3) is 0.375. The van der Waals surface area contributed by atoms with Crippen LogP contribution in [0, 0.1) is 3.57 Å². The van der Waals surface area contributed by atoms with E-state index >= 15 is 0 Å².